The summed E-state index contributed by atoms with van der Waals surface area (Å²) in [5.74, 6) is -0.125. The molecule has 2 aliphatic heterocycles. The highest BCUT2D eigenvalue weighted by Crippen LogP contribution is 2.32. The summed E-state index contributed by atoms with van der Waals surface area (Å²) in [6.45, 7) is 5.51. The molecule has 4 rings (SSSR count). The van der Waals surface area contributed by atoms with E-state index >= 15 is 0 Å². The second kappa shape index (κ2) is 7.09. The molecule has 1 unspecified atom stereocenters. The first-order valence-electron chi connectivity index (χ1n) is 9.71. The van der Waals surface area contributed by atoms with Crippen LogP contribution in [0.2, 0.25) is 0 Å². The lowest BCUT2D eigenvalue weighted by atomic mass is 9.87. The summed E-state index contributed by atoms with van der Waals surface area (Å²) < 4.78 is 0. The molecule has 1 saturated heterocycles. The van der Waals surface area contributed by atoms with Crippen LogP contribution in [0.3, 0.4) is 0 Å². The number of amides is 3. The molecule has 2 aromatic rings. The molecule has 6 heteroatoms. The van der Waals surface area contributed by atoms with E-state index in [9.17, 15) is 9.59 Å². The van der Waals surface area contributed by atoms with E-state index in [1.807, 2.05) is 48.6 Å². The van der Waals surface area contributed by atoms with Gasteiger partial charge in [-0.25, -0.2) is 9.69 Å². The van der Waals surface area contributed by atoms with E-state index in [0.29, 0.717) is 19.1 Å². The number of hydrogen-bond donors (Lipinski definition) is 2. The van der Waals surface area contributed by atoms with Crippen LogP contribution in [0.1, 0.15) is 48.7 Å². The number of carbonyl (C=O) groups excluding carboxylic acids is 2. The third-order valence-corrected chi connectivity index (χ3v) is 7.06. The van der Waals surface area contributed by atoms with Crippen molar-refractivity contribution in [2.45, 2.75) is 44.7 Å². The fourth-order valence-electron chi connectivity index (χ4n) is 4.57. The minimum Gasteiger partial charge on any atom is -0.319 e. The fourth-order valence-corrected chi connectivity index (χ4v) is 5.51. The molecule has 0 radical (unpaired) electrons. The largest absolute Gasteiger partial charge is 0.329 e. The first-order chi connectivity index (χ1) is 13.1. The third-order valence-electron chi connectivity index (χ3n) is 6.06. The van der Waals surface area contributed by atoms with Gasteiger partial charge in [-0.05, 0) is 23.4 Å². The Hall–Kier alpha value is -2.18. The summed E-state index contributed by atoms with van der Waals surface area (Å²) in [6.07, 6.45) is 2.56. The average Bonchev–Trinajstić information content (AvgIpc) is 3.27. The Kier molecular flexibility index (Phi) is 4.78. The van der Waals surface area contributed by atoms with Crippen molar-refractivity contribution in [1.29, 1.82) is 0 Å². The Bertz CT molecular complexity index is 850. The number of imide groups is 1. The Morgan fingerprint density at radius 2 is 2.00 bits per heavy atom. The van der Waals surface area contributed by atoms with Crippen LogP contribution in [0.15, 0.2) is 41.8 Å². The number of rotatable bonds is 5. The SMILES string of the molecule is CC[C@@H]1c2ccsc2CC[NH+]1CN1C(=O)N[C@](CC)(c2ccccc2)C1=O. The number of urea groups is 1. The summed E-state index contributed by atoms with van der Waals surface area (Å²) >= 11 is 1.82. The van der Waals surface area contributed by atoms with Gasteiger partial charge in [0.2, 0.25) is 0 Å². The van der Waals surface area contributed by atoms with Crippen LogP contribution in [0.25, 0.3) is 0 Å². The Labute approximate surface area is 164 Å². The molecule has 27 heavy (non-hydrogen) atoms. The number of thiophene rings is 1. The molecule has 1 aromatic carbocycles. The van der Waals surface area contributed by atoms with Gasteiger partial charge in [-0.3, -0.25) is 4.79 Å². The maximum atomic E-state index is 13.4. The standard InChI is InChI=1S/C21H25N3O2S/c1-3-17-16-11-13-27-18(16)10-12-23(17)14-24-19(25)21(4-2,22-20(24)26)15-8-6-5-7-9-15/h5-9,11,13,17H,3-4,10,12,14H2,1-2H3,(H,22,26)/p+1/t17-,21-/m1/s1. The van der Waals surface area contributed by atoms with Gasteiger partial charge in [-0.2, -0.15) is 0 Å². The zero-order valence-electron chi connectivity index (χ0n) is 15.8. The van der Waals surface area contributed by atoms with Crippen molar-refractivity contribution in [1.82, 2.24) is 10.2 Å². The molecule has 0 aliphatic carbocycles. The summed E-state index contributed by atoms with van der Waals surface area (Å²) in [7, 11) is 0. The molecule has 0 saturated carbocycles. The quantitative estimate of drug-likeness (QED) is 0.778. The van der Waals surface area contributed by atoms with Gasteiger partial charge in [0.25, 0.3) is 5.91 Å². The minimum atomic E-state index is -0.942. The summed E-state index contributed by atoms with van der Waals surface area (Å²) in [4.78, 5) is 30.3. The predicted octanol–water partition coefficient (Wildman–Crippen LogP) is 2.46. The summed E-state index contributed by atoms with van der Waals surface area (Å²) in [5.41, 5.74) is 1.30. The number of carbonyl (C=O) groups is 2. The lowest BCUT2D eigenvalue weighted by Crippen LogP contribution is -3.14. The van der Waals surface area contributed by atoms with E-state index in [-0.39, 0.29) is 11.9 Å². The number of fused-ring (bicyclic) bond motifs is 1. The van der Waals surface area contributed by atoms with Gasteiger partial charge in [-0.1, -0.05) is 44.2 Å². The molecule has 3 atom stereocenters. The second-order valence-electron chi connectivity index (χ2n) is 7.36. The molecule has 2 N–H and O–H groups in total. The van der Waals surface area contributed by atoms with Crippen molar-refractivity contribution >= 4 is 23.3 Å². The highest BCUT2D eigenvalue weighted by atomic mass is 32.1. The van der Waals surface area contributed by atoms with Crippen molar-refractivity contribution in [2.24, 2.45) is 0 Å². The van der Waals surface area contributed by atoms with E-state index in [1.165, 1.54) is 20.2 Å². The van der Waals surface area contributed by atoms with E-state index in [4.69, 9.17) is 0 Å². The van der Waals surface area contributed by atoms with E-state index in [1.54, 1.807) is 0 Å². The van der Waals surface area contributed by atoms with Crippen LogP contribution in [0, 0.1) is 0 Å². The van der Waals surface area contributed by atoms with Crippen LogP contribution < -0.4 is 10.2 Å². The maximum absolute atomic E-state index is 13.4. The van der Waals surface area contributed by atoms with E-state index in [2.05, 4.69) is 23.7 Å². The molecule has 0 spiro atoms. The highest BCUT2D eigenvalue weighted by molar-refractivity contribution is 7.10. The zero-order chi connectivity index (χ0) is 19.0. The molecule has 3 heterocycles. The fraction of sp³-hybridized carbons (Fsp3) is 0.429. The van der Waals surface area contributed by atoms with Crippen molar-refractivity contribution in [3.05, 3.63) is 57.8 Å². The molecule has 142 valence electrons. The Morgan fingerprint density at radius 3 is 2.70 bits per heavy atom. The number of nitrogens with one attached hydrogen (secondary N) is 2. The van der Waals surface area contributed by atoms with Crippen LogP contribution in [-0.4, -0.2) is 30.1 Å². The van der Waals surface area contributed by atoms with Crippen LogP contribution in [0.5, 0.6) is 0 Å². The predicted molar refractivity (Wildman–Crippen MR) is 106 cm³/mol. The van der Waals surface area contributed by atoms with Crippen molar-refractivity contribution < 1.29 is 14.5 Å². The van der Waals surface area contributed by atoms with Gasteiger partial charge in [-0.15, -0.1) is 11.3 Å². The average molecular weight is 385 g/mol. The van der Waals surface area contributed by atoms with Crippen molar-refractivity contribution in [2.75, 3.05) is 13.2 Å². The number of quaternary nitrogens is 1. The van der Waals surface area contributed by atoms with Gasteiger partial charge >= 0.3 is 6.03 Å². The van der Waals surface area contributed by atoms with Gasteiger partial charge in [0.15, 0.2) is 6.67 Å². The molecule has 0 bridgehead atoms. The lowest BCUT2D eigenvalue weighted by molar-refractivity contribution is -0.940. The Balaban J connectivity index is 1.60. The normalized spacial score (nSPS) is 27.6. The number of hydrogen-bond acceptors (Lipinski definition) is 3. The number of nitrogens with zero attached hydrogens (tertiary/aromatic N) is 1. The molecule has 3 amide bonds. The van der Waals surface area contributed by atoms with Gasteiger partial charge in [0, 0.05) is 23.3 Å². The molecule has 1 aromatic heterocycles. The first kappa shape index (κ1) is 18.2. The van der Waals surface area contributed by atoms with Gasteiger partial charge in [0.1, 0.15) is 11.6 Å². The topological polar surface area (TPSA) is 53.9 Å². The molecule has 1 fully saturated rings. The van der Waals surface area contributed by atoms with E-state index in [0.717, 1.165) is 24.9 Å². The molecule has 2 aliphatic rings. The minimum absolute atomic E-state index is 0.125. The van der Waals surface area contributed by atoms with Crippen LogP contribution in [0.4, 0.5) is 4.79 Å². The van der Waals surface area contributed by atoms with Crippen molar-refractivity contribution in [3.63, 3.8) is 0 Å². The van der Waals surface area contributed by atoms with Gasteiger partial charge in [0.05, 0.1) is 6.54 Å². The third kappa shape index (κ3) is 2.87. The van der Waals surface area contributed by atoms with Gasteiger partial charge < -0.3 is 10.2 Å². The highest BCUT2D eigenvalue weighted by Gasteiger charge is 2.52. The smallest absolute Gasteiger partial charge is 0.319 e. The second-order valence-corrected chi connectivity index (χ2v) is 8.37. The van der Waals surface area contributed by atoms with E-state index < -0.39 is 5.54 Å². The van der Waals surface area contributed by atoms with Crippen LogP contribution >= 0.6 is 11.3 Å². The monoisotopic (exact) mass is 384 g/mol. The Morgan fingerprint density at radius 1 is 1.22 bits per heavy atom. The molecule has 5 nitrogen and oxygen atoms in total. The van der Waals surface area contributed by atoms with Crippen molar-refractivity contribution in [3.8, 4) is 0 Å². The summed E-state index contributed by atoms with van der Waals surface area (Å²) in [5, 5.41) is 5.15. The lowest BCUT2D eigenvalue weighted by Gasteiger charge is -2.34. The first-order valence-corrected chi connectivity index (χ1v) is 10.6. The molecular formula is C21H26N3O2S+. The summed E-state index contributed by atoms with van der Waals surface area (Å²) in [6, 6.07) is 11.9. The number of benzene rings is 1. The maximum Gasteiger partial charge on any atom is 0.329 e. The zero-order valence-corrected chi connectivity index (χ0v) is 16.6. The van der Waals surface area contributed by atoms with Crippen LogP contribution in [-0.2, 0) is 16.8 Å². The molecular weight excluding hydrogens is 358 g/mol.